The van der Waals surface area contributed by atoms with Crippen LogP contribution in [0.5, 0.6) is 11.5 Å². The van der Waals surface area contributed by atoms with Crippen molar-refractivity contribution in [1.82, 2.24) is 0 Å². The van der Waals surface area contributed by atoms with Gasteiger partial charge in [0.05, 0.1) is 17.7 Å². The number of methoxy groups -OCH3 is 1. The third-order valence-electron chi connectivity index (χ3n) is 3.53. The molecule has 0 saturated carbocycles. The topological polar surface area (TPSA) is 90.7 Å². The number of nitrogens with one attached hydrogen (secondary N) is 1. The van der Waals surface area contributed by atoms with E-state index in [-0.39, 0.29) is 11.4 Å². The summed E-state index contributed by atoms with van der Waals surface area (Å²) in [6.45, 7) is 5.49. The molecule has 132 valence electrons. The SMILES string of the molecule is COc1ccc([N+](=O)[O-])cc1NC(=O)[C@H](C)Oc1cc(C)cc(C)c1. The van der Waals surface area contributed by atoms with Gasteiger partial charge in [-0.25, -0.2) is 0 Å². The molecule has 1 N–H and O–H groups in total. The molecule has 25 heavy (non-hydrogen) atoms. The van der Waals surface area contributed by atoms with Gasteiger partial charge in [-0.05, 0) is 50.1 Å². The van der Waals surface area contributed by atoms with Crippen LogP contribution in [-0.4, -0.2) is 24.0 Å². The van der Waals surface area contributed by atoms with Crippen LogP contribution in [0.2, 0.25) is 0 Å². The number of non-ortho nitro benzene ring substituents is 1. The predicted molar refractivity (Wildman–Crippen MR) is 94.3 cm³/mol. The monoisotopic (exact) mass is 344 g/mol. The quantitative estimate of drug-likeness (QED) is 0.638. The van der Waals surface area contributed by atoms with E-state index in [2.05, 4.69) is 5.32 Å². The molecule has 1 amide bonds. The maximum Gasteiger partial charge on any atom is 0.271 e. The molecule has 0 saturated heterocycles. The number of hydrogen-bond donors (Lipinski definition) is 1. The second-order valence-corrected chi connectivity index (χ2v) is 5.71. The average molecular weight is 344 g/mol. The highest BCUT2D eigenvalue weighted by Crippen LogP contribution is 2.29. The Labute approximate surface area is 145 Å². The van der Waals surface area contributed by atoms with Crippen LogP contribution in [0, 0.1) is 24.0 Å². The lowest BCUT2D eigenvalue weighted by Gasteiger charge is -2.16. The molecule has 0 spiro atoms. The third kappa shape index (κ3) is 4.69. The zero-order chi connectivity index (χ0) is 18.6. The van der Waals surface area contributed by atoms with Crippen molar-refractivity contribution in [3.05, 3.63) is 57.6 Å². The maximum atomic E-state index is 12.4. The van der Waals surface area contributed by atoms with Gasteiger partial charge in [0.2, 0.25) is 0 Å². The molecule has 1 atom stereocenters. The summed E-state index contributed by atoms with van der Waals surface area (Å²) in [5, 5.41) is 13.5. The third-order valence-corrected chi connectivity index (χ3v) is 3.53. The first-order chi connectivity index (χ1) is 11.8. The first kappa shape index (κ1) is 18.3. The number of carbonyl (C=O) groups excluding carboxylic acids is 1. The summed E-state index contributed by atoms with van der Waals surface area (Å²) in [5.41, 5.74) is 2.14. The van der Waals surface area contributed by atoms with E-state index in [0.717, 1.165) is 11.1 Å². The number of ether oxygens (including phenoxy) is 2. The number of benzene rings is 2. The molecule has 0 bridgehead atoms. The summed E-state index contributed by atoms with van der Waals surface area (Å²) in [4.78, 5) is 22.7. The van der Waals surface area contributed by atoms with Crippen LogP contribution in [0.4, 0.5) is 11.4 Å². The highest BCUT2D eigenvalue weighted by molar-refractivity contribution is 5.95. The summed E-state index contributed by atoms with van der Waals surface area (Å²) in [7, 11) is 1.42. The van der Waals surface area contributed by atoms with Gasteiger partial charge < -0.3 is 14.8 Å². The van der Waals surface area contributed by atoms with Gasteiger partial charge >= 0.3 is 0 Å². The number of amides is 1. The number of nitrogens with zero attached hydrogens (tertiary/aromatic N) is 1. The second kappa shape index (κ2) is 7.65. The fourth-order valence-electron chi connectivity index (χ4n) is 2.40. The van der Waals surface area contributed by atoms with E-state index in [0.29, 0.717) is 11.5 Å². The highest BCUT2D eigenvalue weighted by Gasteiger charge is 2.19. The smallest absolute Gasteiger partial charge is 0.271 e. The minimum Gasteiger partial charge on any atom is -0.495 e. The first-order valence-corrected chi connectivity index (χ1v) is 7.68. The molecule has 0 aromatic heterocycles. The van der Waals surface area contributed by atoms with Crippen molar-refractivity contribution < 1.29 is 19.2 Å². The Hall–Kier alpha value is -3.09. The van der Waals surface area contributed by atoms with Crippen LogP contribution in [0.15, 0.2) is 36.4 Å². The molecule has 0 aliphatic heterocycles. The van der Waals surface area contributed by atoms with Gasteiger partial charge in [0.15, 0.2) is 6.10 Å². The largest absolute Gasteiger partial charge is 0.495 e. The number of aryl methyl sites for hydroxylation is 2. The Morgan fingerprint density at radius 1 is 1.16 bits per heavy atom. The summed E-state index contributed by atoms with van der Waals surface area (Å²) < 4.78 is 10.8. The van der Waals surface area contributed by atoms with Gasteiger partial charge in [0.25, 0.3) is 11.6 Å². The molecule has 2 aromatic rings. The average Bonchev–Trinajstić information content (AvgIpc) is 2.53. The number of anilines is 1. The number of nitro groups is 1. The van der Waals surface area contributed by atoms with Crippen molar-refractivity contribution in [1.29, 1.82) is 0 Å². The number of rotatable bonds is 6. The fraction of sp³-hybridized carbons (Fsp3) is 0.278. The summed E-state index contributed by atoms with van der Waals surface area (Å²) in [6, 6.07) is 9.68. The molecule has 7 nitrogen and oxygen atoms in total. The van der Waals surface area contributed by atoms with Gasteiger partial charge in [0.1, 0.15) is 11.5 Å². The first-order valence-electron chi connectivity index (χ1n) is 7.68. The Morgan fingerprint density at radius 2 is 1.80 bits per heavy atom. The molecule has 2 aromatic carbocycles. The highest BCUT2D eigenvalue weighted by atomic mass is 16.6. The molecular weight excluding hydrogens is 324 g/mol. The molecule has 2 rings (SSSR count). The summed E-state index contributed by atoms with van der Waals surface area (Å²) in [6.07, 6.45) is -0.787. The second-order valence-electron chi connectivity index (χ2n) is 5.71. The van der Waals surface area contributed by atoms with E-state index in [1.54, 1.807) is 6.92 Å². The predicted octanol–water partition coefficient (Wildman–Crippen LogP) is 3.63. The fourth-order valence-corrected chi connectivity index (χ4v) is 2.40. The van der Waals surface area contributed by atoms with E-state index in [1.807, 2.05) is 32.0 Å². The minimum atomic E-state index is -0.787. The minimum absolute atomic E-state index is 0.140. The Kier molecular flexibility index (Phi) is 5.59. The molecular formula is C18H20N2O5. The zero-order valence-electron chi connectivity index (χ0n) is 14.5. The van der Waals surface area contributed by atoms with E-state index in [4.69, 9.17) is 9.47 Å². The standard InChI is InChI=1S/C18H20N2O5/c1-11-7-12(2)9-15(8-11)25-13(3)18(21)19-16-10-14(20(22)23)5-6-17(16)24-4/h5-10,13H,1-4H3,(H,19,21)/t13-/m0/s1. The molecule has 0 radical (unpaired) electrons. The van der Waals surface area contributed by atoms with Gasteiger partial charge in [-0.1, -0.05) is 6.07 Å². The van der Waals surface area contributed by atoms with E-state index in [9.17, 15) is 14.9 Å². The Bertz CT molecular complexity index is 784. The van der Waals surface area contributed by atoms with Gasteiger partial charge in [-0.2, -0.15) is 0 Å². The van der Waals surface area contributed by atoms with E-state index in [1.165, 1.54) is 25.3 Å². The van der Waals surface area contributed by atoms with Crippen LogP contribution >= 0.6 is 0 Å². The lowest BCUT2D eigenvalue weighted by atomic mass is 10.1. The van der Waals surface area contributed by atoms with Gasteiger partial charge in [-0.3, -0.25) is 14.9 Å². The summed E-state index contributed by atoms with van der Waals surface area (Å²) in [5.74, 6) is 0.488. The lowest BCUT2D eigenvalue weighted by molar-refractivity contribution is -0.384. The number of nitro benzene ring substituents is 1. The number of carbonyl (C=O) groups is 1. The molecule has 7 heteroatoms. The van der Waals surface area contributed by atoms with E-state index < -0.39 is 16.9 Å². The molecule has 0 unspecified atom stereocenters. The van der Waals surface area contributed by atoms with Gasteiger partial charge in [0, 0.05) is 12.1 Å². The van der Waals surface area contributed by atoms with Crippen LogP contribution in [-0.2, 0) is 4.79 Å². The van der Waals surface area contributed by atoms with Crippen molar-refractivity contribution in [3.63, 3.8) is 0 Å². The van der Waals surface area contributed by atoms with Crippen molar-refractivity contribution in [2.24, 2.45) is 0 Å². The Balaban J connectivity index is 2.15. The van der Waals surface area contributed by atoms with Gasteiger partial charge in [-0.15, -0.1) is 0 Å². The summed E-state index contributed by atoms with van der Waals surface area (Å²) >= 11 is 0. The van der Waals surface area contributed by atoms with Crippen molar-refractivity contribution >= 4 is 17.3 Å². The van der Waals surface area contributed by atoms with Crippen LogP contribution in [0.25, 0.3) is 0 Å². The number of hydrogen-bond acceptors (Lipinski definition) is 5. The van der Waals surface area contributed by atoms with Crippen LogP contribution < -0.4 is 14.8 Å². The Morgan fingerprint density at radius 3 is 2.36 bits per heavy atom. The van der Waals surface area contributed by atoms with Crippen LogP contribution in [0.1, 0.15) is 18.1 Å². The van der Waals surface area contributed by atoms with E-state index >= 15 is 0 Å². The van der Waals surface area contributed by atoms with Crippen molar-refractivity contribution in [3.8, 4) is 11.5 Å². The molecule has 0 fully saturated rings. The molecule has 0 aliphatic carbocycles. The maximum absolute atomic E-state index is 12.4. The van der Waals surface area contributed by atoms with Crippen LogP contribution in [0.3, 0.4) is 0 Å². The molecule has 0 heterocycles. The molecule has 0 aliphatic rings. The lowest BCUT2D eigenvalue weighted by Crippen LogP contribution is -2.30. The van der Waals surface area contributed by atoms with Crippen molar-refractivity contribution in [2.45, 2.75) is 26.9 Å². The zero-order valence-corrected chi connectivity index (χ0v) is 14.5. The normalized spacial score (nSPS) is 11.5. The van der Waals surface area contributed by atoms with Crippen molar-refractivity contribution in [2.75, 3.05) is 12.4 Å².